The van der Waals surface area contributed by atoms with Crippen LogP contribution in [0.1, 0.15) is 0 Å². The van der Waals surface area contributed by atoms with E-state index in [0.29, 0.717) is 0 Å². The fourth-order valence-corrected chi connectivity index (χ4v) is 7.99. The van der Waals surface area contributed by atoms with Gasteiger partial charge in [-0.3, -0.25) is 0 Å². The predicted molar refractivity (Wildman–Crippen MR) is 199 cm³/mol. The lowest BCUT2D eigenvalue weighted by Crippen LogP contribution is -2.63. The van der Waals surface area contributed by atoms with Gasteiger partial charge in [-0.15, -0.1) is 0 Å². The van der Waals surface area contributed by atoms with Crippen LogP contribution in [0, 0.1) is 0 Å². The molecule has 0 bridgehead atoms. The van der Waals surface area contributed by atoms with E-state index in [1.165, 1.54) is 0 Å². The zero-order valence-electron chi connectivity index (χ0n) is 35.0. The van der Waals surface area contributed by atoms with E-state index in [4.69, 9.17) is 52.1 Å². The van der Waals surface area contributed by atoms with E-state index in [2.05, 4.69) is 0 Å². The van der Waals surface area contributed by atoms with Crippen LogP contribution in [0.15, 0.2) is 0 Å². The van der Waals surface area contributed by atoms with Crippen molar-refractivity contribution in [3.8, 4) is 0 Å². The lowest BCUT2D eigenvalue weighted by molar-refractivity contribution is -0.352. The van der Waals surface area contributed by atoms with Crippen molar-refractivity contribution >= 4 is 0 Å². The lowest BCUT2D eigenvalue weighted by atomic mass is 9.97. The van der Waals surface area contributed by atoms with Gasteiger partial charge in [-0.25, -0.2) is 0 Å². The van der Waals surface area contributed by atoms with Gasteiger partial charge in [0.15, 0.2) is 37.7 Å². The van der Waals surface area contributed by atoms with E-state index >= 15 is 0 Å². The Balaban J connectivity index is 1.01. The molecule has 392 valence electrons. The molecule has 0 aromatic rings. The van der Waals surface area contributed by atoms with Crippen LogP contribution in [0.5, 0.6) is 0 Å². The molecule has 6 rings (SSSR count). The highest BCUT2D eigenvalue weighted by Gasteiger charge is 2.52. The van der Waals surface area contributed by atoms with Crippen molar-refractivity contribution < 1.29 is 154 Å². The van der Waals surface area contributed by atoms with Crippen molar-refractivity contribution in [3.63, 3.8) is 0 Å². The molecule has 0 spiro atoms. The van der Waals surface area contributed by atoms with Crippen molar-refractivity contribution in [3.05, 3.63) is 0 Å². The number of hydrogen-bond acceptors (Lipinski definition) is 31. The van der Waals surface area contributed by atoms with Gasteiger partial charge in [-0.05, 0) is 0 Å². The highest BCUT2D eigenvalue weighted by atomic mass is 16.8. The normalized spacial score (nSPS) is 53.4. The van der Waals surface area contributed by atoms with Crippen LogP contribution in [0.25, 0.3) is 0 Å². The van der Waals surface area contributed by atoms with Crippen molar-refractivity contribution in [1.29, 1.82) is 0 Å². The van der Waals surface area contributed by atoms with E-state index in [1.807, 2.05) is 0 Å². The summed E-state index contributed by atoms with van der Waals surface area (Å²) in [5.41, 5.74) is 0. The van der Waals surface area contributed by atoms with Crippen molar-refractivity contribution in [2.75, 3.05) is 39.6 Å². The predicted octanol–water partition coefficient (Wildman–Crippen LogP) is -14.1. The van der Waals surface area contributed by atoms with Crippen LogP contribution in [0.3, 0.4) is 0 Å². The summed E-state index contributed by atoms with van der Waals surface area (Å²) in [6.45, 7) is -4.51. The summed E-state index contributed by atoms with van der Waals surface area (Å²) in [5, 5.41) is 206. The minimum absolute atomic E-state index is 0.692. The highest BCUT2D eigenvalue weighted by molar-refractivity contribution is 4.96. The Morgan fingerprint density at radius 2 is 0.418 bits per heavy atom. The number of hydrogen-bond donors (Lipinski definition) is 20. The van der Waals surface area contributed by atoms with Gasteiger partial charge in [0.2, 0.25) is 0 Å². The van der Waals surface area contributed by atoms with Gasteiger partial charge in [-0.2, -0.15) is 0 Å². The van der Waals surface area contributed by atoms with Gasteiger partial charge in [-0.1, -0.05) is 0 Å². The largest absolute Gasteiger partial charge is 0.394 e. The first-order valence-electron chi connectivity index (χ1n) is 21.1. The standard InChI is InChI=1S/C36H62O31/c37-1-7-13(38)20(45)26(51)32(63-7)58-3-9-15(40)22(47)28(53)34(65-9)60-5-11-17(42)24(49)30(55)36(67-11)61-6-12-18(43)23(48)29(54)35(66-12)59-4-10-16(41)21(46)27(52)33(64-10)57-2-8-14(39)19(44)25(50)31(56)62-8/h7-56H,1-6H2/t7-,8-,9-,10-,11-,12-,13-,14-,15-,16-,17-,18-,19+,20+,21+,22+,23+,24+,25-,26-,27-,28-,29-,30-,31?,32-,33-,34-,35-,36-/m1/s1. The quantitative estimate of drug-likeness (QED) is 0.0683. The molecule has 0 aliphatic carbocycles. The Labute approximate surface area is 378 Å². The molecular weight excluding hydrogens is 928 g/mol. The Bertz CT molecular complexity index is 1510. The first-order chi connectivity index (χ1) is 31.6. The zero-order chi connectivity index (χ0) is 49.3. The molecule has 6 aliphatic heterocycles. The molecule has 0 radical (unpaired) electrons. The van der Waals surface area contributed by atoms with E-state index in [-0.39, 0.29) is 0 Å². The second-order valence-electron chi connectivity index (χ2n) is 17.0. The molecule has 20 N–H and O–H groups in total. The topological polar surface area (TPSA) is 506 Å². The van der Waals surface area contributed by atoms with Crippen LogP contribution in [-0.2, 0) is 52.1 Å². The average molecular weight is 991 g/mol. The monoisotopic (exact) mass is 990 g/mol. The Hall–Kier alpha value is -1.24. The minimum Gasteiger partial charge on any atom is -0.394 e. The molecule has 1 unspecified atom stereocenters. The van der Waals surface area contributed by atoms with Gasteiger partial charge < -0.3 is 154 Å². The second-order valence-corrected chi connectivity index (χ2v) is 17.0. The van der Waals surface area contributed by atoms with Crippen LogP contribution in [0.4, 0.5) is 0 Å². The molecule has 0 aromatic carbocycles. The Kier molecular flexibility index (Phi) is 19.4. The molecule has 6 heterocycles. The summed E-state index contributed by atoms with van der Waals surface area (Å²) in [4.78, 5) is 0. The summed E-state index contributed by atoms with van der Waals surface area (Å²) in [5.74, 6) is 0. The molecule has 0 amide bonds. The van der Waals surface area contributed by atoms with Gasteiger partial charge in [0.05, 0.1) is 39.6 Å². The Morgan fingerprint density at radius 3 is 0.657 bits per heavy atom. The summed E-state index contributed by atoms with van der Waals surface area (Å²) < 4.78 is 59.7. The fraction of sp³-hybridized carbons (Fsp3) is 1.00. The molecule has 6 fully saturated rings. The maximum absolute atomic E-state index is 10.7. The summed E-state index contributed by atoms with van der Waals surface area (Å²) >= 11 is 0. The average Bonchev–Trinajstić information content (AvgIpc) is 3.31. The van der Waals surface area contributed by atoms with Crippen molar-refractivity contribution in [2.45, 2.75) is 184 Å². The van der Waals surface area contributed by atoms with Crippen LogP contribution >= 0.6 is 0 Å². The van der Waals surface area contributed by atoms with E-state index < -0.39 is 224 Å². The SMILES string of the molecule is OC[C@H]1O[C@@H](OC[C@H]2O[C@@H](OC[C@H]3O[C@@H](OC[C@H]4O[C@@H](OC[C@H]5O[C@@H](OC[C@H]6OC(O)[C@H](O)[C@@H](O)[C@@H]6O)[C@H](O)[C@@H](O)[C@@H]5O)[C@H](O)[C@@H](O)[C@@H]4O)[C@H](O)[C@@H](O)[C@@H]3O)[C@H](O)[C@@H](O)[C@@H]2O)[C@H](O)[C@@H](O)[C@@H]1O. The molecule has 30 atom stereocenters. The molecule has 6 saturated heterocycles. The van der Waals surface area contributed by atoms with Crippen LogP contribution < -0.4 is 0 Å². The van der Waals surface area contributed by atoms with Crippen molar-refractivity contribution in [1.82, 2.24) is 0 Å². The third kappa shape index (κ3) is 12.0. The molecule has 67 heavy (non-hydrogen) atoms. The highest BCUT2D eigenvalue weighted by Crippen LogP contribution is 2.31. The van der Waals surface area contributed by atoms with Gasteiger partial charge in [0.1, 0.15) is 146 Å². The van der Waals surface area contributed by atoms with E-state index in [9.17, 15) is 102 Å². The van der Waals surface area contributed by atoms with Gasteiger partial charge in [0, 0.05) is 0 Å². The zero-order valence-corrected chi connectivity index (χ0v) is 35.0. The second kappa shape index (κ2) is 23.5. The lowest BCUT2D eigenvalue weighted by Gasteiger charge is -2.44. The minimum atomic E-state index is -2.01. The number of aliphatic hydroxyl groups is 20. The van der Waals surface area contributed by atoms with Gasteiger partial charge in [0.25, 0.3) is 0 Å². The summed E-state index contributed by atoms with van der Waals surface area (Å²) in [7, 11) is 0. The third-order valence-corrected chi connectivity index (χ3v) is 12.3. The molecule has 6 aliphatic rings. The number of rotatable bonds is 16. The third-order valence-electron chi connectivity index (χ3n) is 12.3. The number of ether oxygens (including phenoxy) is 11. The first-order valence-corrected chi connectivity index (χ1v) is 21.1. The van der Waals surface area contributed by atoms with E-state index in [0.717, 1.165) is 0 Å². The fourth-order valence-electron chi connectivity index (χ4n) is 7.99. The molecule has 0 aromatic heterocycles. The van der Waals surface area contributed by atoms with Crippen LogP contribution in [-0.4, -0.2) is 326 Å². The maximum atomic E-state index is 10.7. The molecule has 31 heteroatoms. The first kappa shape index (κ1) is 55.1. The van der Waals surface area contributed by atoms with Crippen LogP contribution in [0.2, 0.25) is 0 Å². The summed E-state index contributed by atoms with van der Waals surface area (Å²) in [6.07, 6.45) is -54.2. The Morgan fingerprint density at radius 1 is 0.224 bits per heavy atom. The van der Waals surface area contributed by atoms with Gasteiger partial charge >= 0.3 is 0 Å². The molecular formula is C36H62O31. The molecule has 31 nitrogen and oxygen atoms in total. The smallest absolute Gasteiger partial charge is 0.186 e. The molecule has 0 saturated carbocycles. The number of aliphatic hydroxyl groups excluding tert-OH is 20. The maximum Gasteiger partial charge on any atom is 0.186 e. The van der Waals surface area contributed by atoms with E-state index in [1.54, 1.807) is 0 Å². The van der Waals surface area contributed by atoms with Crippen molar-refractivity contribution in [2.24, 2.45) is 0 Å². The summed E-state index contributed by atoms with van der Waals surface area (Å²) in [6, 6.07) is 0.